The summed E-state index contributed by atoms with van der Waals surface area (Å²) in [5.74, 6) is 0. The maximum absolute atomic E-state index is 4.43. The van der Waals surface area contributed by atoms with Crippen molar-refractivity contribution in [3.63, 3.8) is 0 Å². The van der Waals surface area contributed by atoms with Gasteiger partial charge >= 0.3 is 0 Å². The van der Waals surface area contributed by atoms with Gasteiger partial charge in [-0.3, -0.25) is 4.68 Å². The Morgan fingerprint density at radius 2 is 2.05 bits per heavy atom. The van der Waals surface area contributed by atoms with Crippen molar-refractivity contribution in [2.45, 2.75) is 78.3 Å². The molecule has 0 amide bonds. The molecule has 1 aromatic rings. The summed E-state index contributed by atoms with van der Waals surface area (Å²) in [5.41, 5.74) is 1.91. The molecule has 1 atom stereocenters. The first-order valence-electron chi connectivity index (χ1n) is 8.48. The summed E-state index contributed by atoms with van der Waals surface area (Å²) in [6, 6.07) is 0.615. The topological polar surface area (TPSA) is 29.9 Å². The predicted octanol–water partition coefficient (Wildman–Crippen LogP) is 3.78. The number of aromatic nitrogens is 2. The van der Waals surface area contributed by atoms with Crippen LogP contribution in [0.1, 0.15) is 64.9 Å². The summed E-state index contributed by atoms with van der Waals surface area (Å²) in [6.45, 7) is 8.88. The molecule has 1 N–H and O–H groups in total. The van der Waals surface area contributed by atoms with Gasteiger partial charge in [-0.2, -0.15) is 5.10 Å². The molecule has 1 aliphatic carbocycles. The first-order valence-corrected chi connectivity index (χ1v) is 8.48. The highest BCUT2D eigenvalue weighted by atomic mass is 15.3. The lowest BCUT2D eigenvalue weighted by atomic mass is 9.74. The number of hydrogen-bond donors (Lipinski definition) is 1. The second-order valence-electron chi connectivity index (χ2n) is 6.34. The van der Waals surface area contributed by atoms with Crippen molar-refractivity contribution < 1.29 is 0 Å². The highest BCUT2D eigenvalue weighted by molar-refractivity contribution is 5.09. The Bertz CT molecular complexity index is 391. The molecular weight excluding hydrogens is 246 g/mol. The van der Waals surface area contributed by atoms with E-state index in [4.69, 9.17) is 0 Å². The fraction of sp³-hybridized carbons (Fsp3) is 0.824. The van der Waals surface area contributed by atoms with Crippen molar-refractivity contribution in [2.24, 2.45) is 5.41 Å². The third-order valence-corrected chi connectivity index (χ3v) is 5.13. The first-order chi connectivity index (χ1) is 9.74. The molecule has 1 fully saturated rings. The van der Waals surface area contributed by atoms with Crippen LogP contribution < -0.4 is 5.32 Å². The van der Waals surface area contributed by atoms with E-state index in [9.17, 15) is 0 Å². The van der Waals surface area contributed by atoms with Gasteiger partial charge in [-0.05, 0) is 56.6 Å². The van der Waals surface area contributed by atoms with E-state index in [2.05, 4.69) is 43.6 Å². The third-order valence-electron chi connectivity index (χ3n) is 5.13. The number of nitrogens with zero attached hydrogens (tertiary/aromatic N) is 2. The van der Waals surface area contributed by atoms with Gasteiger partial charge in [0.05, 0.1) is 6.20 Å². The Morgan fingerprint density at radius 1 is 1.30 bits per heavy atom. The molecule has 2 rings (SSSR count). The van der Waals surface area contributed by atoms with Crippen LogP contribution in [0.5, 0.6) is 0 Å². The number of hydrogen-bond acceptors (Lipinski definition) is 2. The van der Waals surface area contributed by atoms with Gasteiger partial charge in [0.2, 0.25) is 0 Å². The van der Waals surface area contributed by atoms with Gasteiger partial charge in [0.15, 0.2) is 0 Å². The van der Waals surface area contributed by atoms with E-state index in [-0.39, 0.29) is 0 Å². The van der Waals surface area contributed by atoms with Gasteiger partial charge < -0.3 is 5.32 Å². The fourth-order valence-electron chi connectivity index (χ4n) is 3.77. The number of aryl methyl sites for hydroxylation is 1. The monoisotopic (exact) mass is 277 g/mol. The van der Waals surface area contributed by atoms with E-state index >= 15 is 0 Å². The van der Waals surface area contributed by atoms with Crippen LogP contribution in [0.4, 0.5) is 0 Å². The molecule has 20 heavy (non-hydrogen) atoms. The summed E-state index contributed by atoms with van der Waals surface area (Å²) in [7, 11) is 0. The van der Waals surface area contributed by atoms with Crippen LogP contribution in [0.3, 0.4) is 0 Å². The standard InChI is InChI=1S/C17H31N3/c1-4-11-18-16(17(5-2)9-7-8-10-17)12-15-13-19-20(6-3)14-15/h13-14,16,18H,4-12H2,1-3H3. The minimum atomic E-state index is 0.517. The second-order valence-corrected chi connectivity index (χ2v) is 6.34. The average Bonchev–Trinajstić information content (AvgIpc) is 3.12. The normalized spacial score (nSPS) is 19.4. The van der Waals surface area contributed by atoms with Gasteiger partial charge in [-0.25, -0.2) is 0 Å². The average molecular weight is 277 g/mol. The van der Waals surface area contributed by atoms with E-state index in [1.165, 1.54) is 44.1 Å². The van der Waals surface area contributed by atoms with Crippen molar-refractivity contribution in [1.82, 2.24) is 15.1 Å². The van der Waals surface area contributed by atoms with Gasteiger partial charge in [0.25, 0.3) is 0 Å². The van der Waals surface area contributed by atoms with Crippen molar-refractivity contribution in [3.05, 3.63) is 18.0 Å². The molecule has 0 saturated heterocycles. The van der Waals surface area contributed by atoms with E-state index in [0.717, 1.165) is 19.5 Å². The Hall–Kier alpha value is -0.830. The van der Waals surface area contributed by atoms with E-state index in [1.54, 1.807) is 0 Å². The molecule has 0 aromatic carbocycles. The number of rotatable bonds is 8. The zero-order valence-electron chi connectivity index (χ0n) is 13.5. The second kappa shape index (κ2) is 7.26. The zero-order valence-corrected chi connectivity index (χ0v) is 13.5. The Balaban J connectivity index is 2.09. The minimum absolute atomic E-state index is 0.517. The van der Waals surface area contributed by atoms with Crippen molar-refractivity contribution in [2.75, 3.05) is 6.54 Å². The smallest absolute Gasteiger partial charge is 0.0522 e. The summed E-state index contributed by atoms with van der Waals surface area (Å²) in [5, 5.41) is 8.27. The van der Waals surface area contributed by atoms with Gasteiger partial charge in [0.1, 0.15) is 0 Å². The summed E-state index contributed by atoms with van der Waals surface area (Å²) >= 11 is 0. The van der Waals surface area contributed by atoms with Crippen LogP contribution in [0, 0.1) is 5.41 Å². The minimum Gasteiger partial charge on any atom is -0.313 e. The lowest BCUT2D eigenvalue weighted by Gasteiger charge is -2.37. The molecule has 114 valence electrons. The molecule has 1 saturated carbocycles. The lowest BCUT2D eigenvalue weighted by Crippen LogP contribution is -2.45. The molecule has 1 aliphatic rings. The molecule has 1 aromatic heterocycles. The Labute approximate surface area is 124 Å². The molecule has 0 radical (unpaired) electrons. The number of nitrogens with one attached hydrogen (secondary N) is 1. The molecule has 3 nitrogen and oxygen atoms in total. The highest BCUT2D eigenvalue weighted by Gasteiger charge is 2.39. The van der Waals surface area contributed by atoms with Crippen molar-refractivity contribution in [1.29, 1.82) is 0 Å². The lowest BCUT2D eigenvalue weighted by molar-refractivity contribution is 0.184. The first kappa shape index (κ1) is 15.6. The SMILES string of the molecule is CCCNC(Cc1cnn(CC)c1)C1(CC)CCCC1. The van der Waals surface area contributed by atoms with Gasteiger partial charge in [-0.15, -0.1) is 0 Å². The maximum Gasteiger partial charge on any atom is 0.0522 e. The molecule has 3 heteroatoms. The zero-order chi connectivity index (χ0) is 14.4. The van der Waals surface area contributed by atoms with Crippen LogP contribution in [-0.2, 0) is 13.0 Å². The molecule has 0 spiro atoms. The maximum atomic E-state index is 4.43. The highest BCUT2D eigenvalue weighted by Crippen LogP contribution is 2.44. The molecule has 0 aliphatic heterocycles. The summed E-state index contributed by atoms with van der Waals surface area (Å²) < 4.78 is 2.04. The summed E-state index contributed by atoms with van der Waals surface area (Å²) in [4.78, 5) is 0. The van der Waals surface area contributed by atoms with Crippen LogP contribution in [0.25, 0.3) is 0 Å². The van der Waals surface area contributed by atoms with Crippen LogP contribution in [-0.4, -0.2) is 22.4 Å². The third kappa shape index (κ3) is 3.43. The van der Waals surface area contributed by atoms with E-state index in [1.807, 2.05) is 4.68 Å². The van der Waals surface area contributed by atoms with Gasteiger partial charge in [-0.1, -0.05) is 26.7 Å². The molecule has 1 unspecified atom stereocenters. The largest absolute Gasteiger partial charge is 0.313 e. The van der Waals surface area contributed by atoms with Gasteiger partial charge in [0, 0.05) is 18.8 Å². The van der Waals surface area contributed by atoms with E-state index < -0.39 is 0 Å². The molecule has 1 heterocycles. The Kier molecular flexibility index (Phi) is 5.64. The van der Waals surface area contributed by atoms with Crippen LogP contribution in [0.15, 0.2) is 12.4 Å². The molecule has 0 bridgehead atoms. The van der Waals surface area contributed by atoms with Crippen LogP contribution >= 0.6 is 0 Å². The predicted molar refractivity (Wildman–Crippen MR) is 84.9 cm³/mol. The Morgan fingerprint density at radius 3 is 2.60 bits per heavy atom. The van der Waals surface area contributed by atoms with Crippen molar-refractivity contribution in [3.8, 4) is 0 Å². The van der Waals surface area contributed by atoms with E-state index in [0.29, 0.717) is 11.5 Å². The van der Waals surface area contributed by atoms with Crippen molar-refractivity contribution >= 4 is 0 Å². The quantitative estimate of drug-likeness (QED) is 0.783. The fourth-order valence-corrected chi connectivity index (χ4v) is 3.77. The van der Waals surface area contributed by atoms with Crippen LogP contribution in [0.2, 0.25) is 0 Å². The molecular formula is C17H31N3. The summed E-state index contributed by atoms with van der Waals surface area (Å²) in [6.07, 6.45) is 13.5.